The first-order valence-corrected chi connectivity index (χ1v) is 10.5. The zero-order valence-corrected chi connectivity index (χ0v) is 20.0. The standard InChI is InChI=1S/C19H25ClN4O2S.HI/c1-4-22-19(24(3)14-16-7-5-6-8-18(16)20)23-13-15-9-11-17(12-10-15)27(25,26)21-2;/h5-12,21H,4,13-14H2,1-3H3,(H,22,23);1H. The van der Waals surface area contributed by atoms with E-state index in [2.05, 4.69) is 15.0 Å². The Morgan fingerprint density at radius 2 is 1.79 bits per heavy atom. The van der Waals surface area contributed by atoms with Crippen LogP contribution in [0.3, 0.4) is 0 Å². The molecule has 0 aliphatic heterocycles. The molecule has 0 heterocycles. The summed E-state index contributed by atoms with van der Waals surface area (Å²) in [7, 11) is -0.0801. The molecule has 0 aliphatic carbocycles. The summed E-state index contributed by atoms with van der Waals surface area (Å²) in [5, 5.41) is 3.99. The van der Waals surface area contributed by atoms with E-state index in [0.29, 0.717) is 13.1 Å². The molecule has 0 bridgehead atoms. The highest BCUT2D eigenvalue weighted by Gasteiger charge is 2.11. The summed E-state index contributed by atoms with van der Waals surface area (Å²) in [6.45, 7) is 3.82. The van der Waals surface area contributed by atoms with Crippen LogP contribution in [0.25, 0.3) is 0 Å². The molecule has 0 fully saturated rings. The maximum atomic E-state index is 11.8. The number of rotatable bonds is 7. The third-order valence-corrected chi connectivity index (χ3v) is 5.77. The van der Waals surface area contributed by atoms with Crippen molar-refractivity contribution in [2.45, 2.75) is 24.9 Å². The van der Waals surface area contributed by atoms with Crippen LogP contribution in [0.2, 0.25) is 5.02 Å². The number of benzene rings is 2. The lowest BCUT2D eigenvalue weighted by Crippen LogP contribution is -2.38. The van der Waals surface area contributed by atoms with E-state index >= 15 is 0 Å². The average Bonchev–Trinajstić information content (AvgIpc) is 2.67. The Balaban J connectivity index is 0.00000392. The number of sulfonamides is 1. The molecule has 2 rings (SSSR count). The van der Waals surface area contributed by atoms with Gasteiger partial charge in [-0.25, -0.2) is 18.1 Å². The van der Waals surface area contributed by atoms with Gasteiger partial charge in [-0.1, -0.05) is 41.9 Å². The number of hydrogen-bond donors (Lipinski definition) is 2. The van der Waals surface area contributed by atoms with Gasteiger partial charge in [0.25, 0.3) is 0 Å². The molecule has 0 spiro atoms. The Labute approximate surface area is 189 Å². The minimum Gasteiger partial charge on any atom is -0.357 e. The van der Waals surface area contributed by atoms with E-state index in [4.69, 9.17) is 11.6 Å². The van der Waals surface area contributed by atoms with Gasteiger partial charge in [0, 0.05) is 25.2 Å². The zero-order chi connectivity index (χ0) is 19.9. The van der Waals surface area contributed by atoms with Gasteiger partial charge in [-0.15, -0.1) is 24.0 Å². The average molecular weight is 537 g/mol. The molecule has 0 saturated heterocycles. The van der Waals surface area contributed by atoms with E-state index in [9.17, 15) is 8.42 Å². The molecular formula is C19H26ClIN4O2S. The molecule has 0 unspecified atom stereocenters. The normalized spacial score (nSPS) is 11.6. The lowest BCUT2D eigenvalue weighted by Gasteiger charge is -2.22. The second-order valence-electron chi connectivity index (χ2n) is 5.97. The molecule has 2 N–H and O–H groups in total. The van der Waals surface area contributed by atoms with E-state index in [1.54, 1.807) is 24.3 Å². The first-order valence-electron chi connectivity index (χ1n) is 8.62. The van der Waals surface area contributed by atoms with Gasteiger partial charge in [0.05, 0.1) is 11.4 Å². The fraction of sp³-hybridized carbons (Fsp3) is 0.316. The van der Waals surface area contributed by atoms with Crippen LogP contribution in [0, 0.1) is 0 Å². The largest absolute Gasteiger partial charge is 0.357 e. The van der Waals surface area contributed by atoms with E-state index in [0.717, 1.165) is 28.7 Å². The molecule has 28 heavy (non-hydrogen) atoms. The number of guanidine groups is 1. The molecule has 2 aromatic rings. The maximum absolute atomic E-state index is 11.8. The molecule has 0 aromatic heterocycles. The molecular weight excluding hydrogens is 511 g/mol. The van der Waals surface area contributed by atoms with Crippen molar-refractivity contribution in [2.24, 2.45) is 4.99 Å². The first-order chi connectivity index (χ1) is 12.9. The number of hydrogen-bond acceptors (Lipinski definition) is 3. The highest BCUT2D eigenvalue weighted by atomic mass is 127. The van der Waals surface area contributed by atoms with Crippen LogP contribution in [0.5, 0.6) is 0 Å². The lowest BCUT2D eigenvalue weighted by molar-refractivity contribution is 0.477. The molecule has 0 radical (unpaired) electrons. The van der Waals surface area contributed by atoms with Gasteiger partial charge in [-0.05, 0) is 43.3 Å². The van der Waals surface area contributed by atoms with E-state index < -0.39 is 10.0 Å². The van der Waals surface area contributed by atoms with Gasteiger partial charge in [0.2, 0.25) is 10.0 Å². The molecule has 2 aromatic carbocycles. The highest BCUT2D eigenvalue weighted by Crippen LogP contribution is 2.16. The molecule has 0 aliphatic rings. The highest BCUT2D eigenvalue weighted by molar-refractivity contribution is 14.0. The molecule has 9 heteroatoms. The monoisotopic (exact) mass is 536 g/mol. The van der Waals surface area contributed by atoms with Gasteiger partial charge >= 0.3 is 0 Å². The van der Waals surface area contributed by atoms with Crippen molar-refractivity contribution in [3.05, 3.63) is 64.7 Å². The van der Waals surface area contributed by atoms with Crippen molar-refractivity contribution >= 4 is 51.6 Å². The third-order valence-electron chi connectivity index (χ3n) is 3.98. The van der Waals surface area contributed by atoms with E-state index in [-0.39, 0.29) is 28.9 Å². The topological polar surface area (TPSA) is 73.8 Å². The lowest BCUT2D eigenvalue weighted by atomic mass is 10.2. The number of halogens is 2. The van der Waals surface area contributed by atoms with Crippen molar-refractivity contribution in [1.82, 2.24) is 14.9 Å². The van der Waals surface area contributed by atoms with Crippen LogP contribution < -0.4 is 10.0 Å². The van der Waals surface area contributed by atoms with Gasteiger partial charge < -0.3 is 10.2 Å². The molecule has 0 saturated carbocycles. The summed E-state index contributed by atoms with van der Waals surface area (Å²) in [6.07, 6.45) is 0. The molecule has 154 valence electrons. The smallest absolute Gasteiger partial charge is 0.240 e. The minimum absolute atomic E-state index is 0. The Hall–Kier alpha value is -1.36. The minimum atomic E-state index is -3.43. The number of nitrogens with zero attached hydrogens (tertiary/aromatic N) is 2. The fourth-order valence-corrected chi connectivity index (χ4v) is 3.41. The second-order valence-corrected chi connectivity index (χ2v) is 8.26. The van der Waals surface area contributed by atoms with Crippen LogP contribution in [0.1, 0.15) is 18.1 Å². The summed E-state index contributed by atoms with van der Waals surface area (Å²) in [4.78, 5) is 6.89. The summed E-state index contributed by atoms with van der Waals surface area (Å²) < 4.78 is 25.9. The third kappa shape index (κ3) is 6.91. The molecule has 0 atom stereocenters. The van der Waals surface area contributed by atoms with E-state index in [1.165, 1.54) is 7.05 Å². The van der Waals surface area contributed by atoms with Crippen molar-refractivity contribution < 1.29 is 8.42 Å². The summed E-state index contributed by atoms with van der Waals surface area (Å²) in [5.74, 6) is 0.754. The Morgan fingerprint density at radius 1 is 1.14 bits per heavy atom. The van der Waals surface area contributed by atoms with Crippen molar-refractivity contribution in [1.29, 1.82) is 0 Å². The van der Waals surface area contributed by atoms with Crippen molar-refractivity contribution in [3.8, 4) is 0 Å². The van der Waals surface area contributed by atoms with E-state index in [1.807, 2.05) is 43.1 Å². The van der Waals surface area contributed by atoms with Crippen molar-refractivity contribution in [3.63, 3.8) is 0 Å². The predicted octanol–water partition coefficient (Wildman–Crippen LogP) is 3.46. The van der Waals surface area contributed by atoms with Gasteiger partial charge in [-0.2, -0.15) is 0 Å². The number of aliphatic imine (C=N–C) groups is 1. The Kier molecular flexibility index (Phi) is 10.2. The number of nitrogens with one attached hydrogen (secondary N) is 2. The summed E-state index contributed by atoms with van der Waals surface area (Å²) >= 11 is 6.25. The van der Waals surface area contributed by atoms with Crippen LogP contribution >= 0.6 is 35.6 Å². The van der Waals surface area contributed by atoms with Crippen molar-refractivity contribution in [2.75, 3.05) is 20.6 Å². The second kappa shape index (κ2) is 11.6. The van der Waals surface area contributed by atoms with Crippen LogP contribution in [0.15, 0.2) is 58.4 Å². The van der Waals surface area contributed by atoms with Gasteiger partial charge in [-0.3, -0.25) is 0 Å². The Bertz CT molecular complexity index is 889. The summed E-state index contributed by atoms with van der Waals surface area (Å²) in [5.41, 5.74) is 1.94. The molecule has 6 nitrogen and oxygen atoms in total. The van der Waals surface area contributed by atoms with Crippen LogP contribution in [-0.2, 0) is 23.1 Å². The quantitative estimate of drug-likeness (QED) is 0.323. The van der Waals surface area contributed by atoms with Crippen LogP contribution in [-0.4, -0.2) is 39.9 Å². The predicted molar refractivity (Wildman–Crippen MR) is 126 cm³/mol. The first kappa shape index (κ1) is 24.7. The fourth-order valence-electron chi connectivity index (χ4n) is 2.48. The SMILES string of the molecule is CCNC(=NCc1ccc(S(=O)(=O)NC)cc1)N(C)Cc1ccccc1Cl.I. The Morgan fingerprint density at radius 3 is 2.36 bits per heavy atom. The van der Waals surface area contributed by atoms with Gasteiger partial charge in [0.1, 0.15) is 0 Å². The summed E-state index contributed by atoms with van der Waals surface area (Å²) in [6, 6.07) is 14.4. The molecule has 0 amide bonds. The van der Waals surface area contributed by atoms with Crippen LogP contribution in [0.4, 0.5) is 0 Å². The van der Waals surface area contributed by atoms with Gasteiger partial charge in [0.15, 0.2) is 5.96 Å². The maximum Gasteiger partial charge on any atom is 0.240 e. The zero-order valence-electron chi connectivity index (χ0n) is 16.1.